The van der Waals surface area contributed by atoms with Crippen LogP contribution in [0.3, 0.4) is 0 Å². The second kappa shape index (κ2) is 8.39. The van der Waals surface area contributed by atoms with Crippen LogP contribution >= 0.6 is 0 Å². The molecule has 0 atom stereocenters. The summed E-state index contributed by atoms with van der Waals surface area (Å²) in [5.74, 6) is -0.287. The monoisotopic (exact) mass is 416 g/mol. The Balaban J connectivity index is 1.66. The van der Waals surface area contributed by atoms with Crippen molar-refractivity contribution in [2.24, 2.45) is 0 Å². The minimum absolute atomic E-state index is 0.0139. The zero-order valence-corrected chi connectivity index (χ0v) is 17.4. The van der Waals surface area contributed by atoms with Crippen LogP contribution in [0.25, 0.3) is 10.8 Å². The molecule has 0 unspecified atom stereocenters. The minimum atomic E-state index is -0.567. The average Bonchev–Trinajstić information content (AvgIpc) is 2.78. The van der Waals surface area contributed by atoms with E-state index in [1.165, 1.54) is 18.3 Å². The molecule has 0 aliphatic carbocycles. The lowest BCUT2D eigenvalue weighted by molar-refractivity contribution is 0.102. The van der Waals surface area contributed by atoms with Crippen LogP contribution in [-0.4, -0.2) is 22.9 Å². The number of carbonyl (C=O) groups is 1. The van der Waals surface area contributed by atoms with E-state index in [4.69, 9.17) is 4.74 Å². The summed E-state index contributed by atoms with van der Waals surface area (Å²) in [6, 6.07) is 15.3. The van der Waals surface area contributed by atoms with Gasteiger partial charge in [-0.2, -0.15) is 4.98 Å². The molecule has 0 saturated heterocycles. The summed E-state index contributed by atoms with van der Waals surface area (Å²) in [5.41, 5.74) is 3.29. The standard InChI is InChI=1S/C24H21FN4O2/c1-14-7-8-16(13-15(14)2)28-23(30)19-6-4-5-18-17(19)9-10-20(22(18)25)31-21-11-12-27-24(26-3)29-21/h4-13H,1-3H3,(H,28,30)(H,26,27,29). The number of amides is 1. The zero-order chi connectivity index (χ0) is 22.0. The number of aromatic nitrogens is 2. The number of nitrogens with zero attached hydrogens (tertiary/aromatic N) is 2. The summed E-state index contributed by atoms with van der Waals surface area (Å²) in [5, 5.41) is 6.47. The van der Waals surface area contributed by atoms with Crippen molar-refractivity contribution >= 4 is 28.3 Å². The molecule has 0 bridgehead atoms. The Kier molecular flexibility index (Phi) is 5.49. The van der Waals surface area contributed by atoms with E-state index in [1.54, 1.807) is 31.3 Å². The maximum absolute atomic E-state index is 15.2. The lowest BCUT2D eigenvalue weighted by Crippen LogP contribution is -2.12. The highest BCUT2D eigenvalue weighted by Crippen LogP contribution is 2.31. The molecule has 7 heteroatoms. The molecule has 31 heavy (non-hydrogen) atoms. The molecule has 0 saturated carbocycles. The first-order chi connectivity index (χ1) is 15.0. The third kappa shape index (κ3) is 4.16. The fourth-order valence-corrected chi connectivity index (χ4v) is 3.23. The van der Waals surface area contributed by atoms with Crippen LogP contribution in [-0.2, 0) is 0 Å². The Morgan fingerprint density at radius 3 is 2.61 bits per heavy atom. The van der Waals surface area contributed by atoms with E-state index in [1.807, 2.05) is 32.0 Å². The molecule has 4 rings (SSSR count). The van der Waals surface area contributed by atoms with Gasteiger partial charge < -0.3 is 15.4 Å². The second-order valence-corrected chi connectivity index (χ2v) is 7.10. The van der Waals surface area contributed by atoms with Crippen LogP contribution in [0.4, 0.5) is 16.0 Å². The van der Waals surface area contributed by atoms with Gasteiger partial charge in [-0.3, -0.25) is 4.79 Å². The molecule has 156 valence electrons. The van der Waals surface area contributed by atoms with E-state index in [2.05, 4.69) is 20.6 Å². The maximum atomic E-state index is 15.2. The summed E-state index contributed by atoms with van der Waals surface area (Å²) in [6.07, 6.45) is 1.52. The molecule has 1 amide bonds. The highest BCUT2D eigenvalue weighted by Gasteiger charge is 2.16. The Morgan fingerprint density at radius 2 is 1.84 bits per heavy atom. The summed E-state index contributed by atoms with van der Waals surface area (Å²) in [4.78, 5) is 21.0. The van der Waals surface area contributed by atoms with E-state index in [-0.39, 0.29) is 22.9 Å². The van der Waals surface area contributed by atoms with Crippen molar-refractivity contribution in [1.82, 2.24) is 9.97 Å². The number of fused-ring (bicyclic) bond motifs is 1. The first kappa shape index (κ1) is 20.3. The fourth-order valence-electron chi connectivity index (χ4n) is 3.23. The van der Waals surface area contributed by atoms with Gasteiger partial charge in [-0.1, -0.05) is 18.2 Å². The van der Waals surface area contributed by atoms with Crippen molar-refractivity contribution in [2.45, 2.75) is 13.8 Å². The van der Waals surface area contributed by atoms with Gasteiger partial charge in [-0.15, -0.1) is 0 Å². The number of hydrogen-bond donors (Lipinski definition) is 2. The largest absolute Gasteiger partial charge is 0.436 e. The van der Waals surface area contributed by atoms with E-state index in [9.17, 15) is 4.79 Å². The molecule has 2 N–H and O–H groups in total. The zero-order valence-electron chi connectivity index (χ0n) is 17.4. The molecule has 0 spiro atoms. The first-order valence-electron chi connectivity index (χ1n) is 9.75. The number of aryl methyl sites for hydroxylation is 2. The lowest BCUT2D eigenvalue weighted by atomic mass is 10.0. The minimum Gasteiger partial charge on any atom is -0.436 e. The number of hydrogen-bond acceptors (Lipinski definition) is 5. The number of carbonyl (C=O) groups excluding carboxylic acids is 1. The molecule has 3 aromatic carbocycles. The van der Waals surface area contributed by atoms with Crippen LogP contribution < -0.4 is 15.4 Å². The van der Waals surface area contributed by atoms with Crippen molar-refractivity contribution in [3.05, 3.63) is 83.3 Å². The molecule has 0 radical (unpaired) electrons. The highest BCUT2D eigenvalue weighted by atomic mass is 19.1. The number of nitrogens with one attached hydrogen (secondary N) is 2. The number of rotatable bonds is 5. The molecular formula is C24H21FN4O2. The molecule has 4 aromatic rings. The molecule has 0 fully saturated rings. The maximum Gasteiger partial charge on any atom is 0.256 e. The Morgan fingerprint density at radius 1 is 1.00 bits per heavy atom. The number of halogens is 1. The average molecular weight is 416 g/mol. The second-order valence-electron chi connectivity index (χ2n) is 7.10. The topological polar surface area (TPSA) is 76.1 Å². The molecular weight excluding hydrogens is 395 g/mol. The van der Waals surface area contributed by atoms with Gasteiger partial charge in [-0.05, 0) is 60.7 Å². The smallest absolute Gasteiger partial charge is 0.256 e. The van der Waals surface area contributed by atoms with Crippen molar-refractivity contribution in [3.8, 4) is 11.6 Å². The van der Waals surface area contributed by atoms with Crippen molar-refractivity contribution in [3.63, 3.8) is 0 Å². The predicted molar refractivity (Wildman–Crippen MR) is 119 cm³/mol. The summed E-state index contributed by atoms with van der Waals surface area (Å²) in [7, 11) is 1.68. The van der Waals surface area contributed by atoms with E-state index in [0.717, 1.165) is 11.1 Å². The Hall–Kier alpha value is -4.00. The summed E-state index contributed by atoms with van der Waals surface area (Å²) in [6.45, 7) is 3.99. The van der Waals surface area contributed by atoms with Crippen LogP contribution in [0.5, 0.6) is 11.6 Å². The van der Waals surface area contributed by atoms with Gasteiger partial charge in [0.1, 0.15) is 0 Å². The van der Waals surface area contributed by atoms with E-state index < -0.39 is 5.82 Å². The normalized spacial score (nSPS) is 10.7. The highest BCUT2D eigenvalue weighted by molar-refractivity contribution is 6.13. The quantitative estimate of drug-likeness (QED) is 0.451. The molecule has 0 aliphatic heterocycles. The SMILES string of the molecule is CNc1nccc(Oc2ccc3c(C(=O)Nc4ccc(C)c(C)c4)cccc3c2F)n1. The van der Waals surface area contributed by atoms with Crippen molar-refractivity contribution < 1.29 is 13.9 Å². The Labute approximate surface area is 179 Å². The summed E-state index contributed by atoms with van der Waals surface area (Å²) >= 11 is 0. The predicted octanol–water partition coefficient (Wildman–Crippen LogP) is 5.47. The van der Waals surface area contributed by atoms with Gasteiger partial charge in [0.05, 0.1) is 0 Å². The first-order valence-corrected chi connectivity index (χ1v) is 9.75. The van der Waals surface area contributed by atoms with Gasteiger partial charge in [0.25, 0.3) is 5.91 Å². The van der Waals surface area contributed by atoms with Gasteiger partial charge >= 0.3 is 0 Å². The fraction of sp³-hybridized carbons (Fsp3) is 0.125. The third-order valence-corrected chi connectivity index (χ3v) is 5.04. The van der Waals surface area contributed by atoms with Gasteiger partial charge in [0.15, 0.2) is 11.6 Å². The third-order valence-electron chi connectivity index (χ3n) is 5.04. The molecule has 6 nitrogen and oxygen atoms in total. The van der Waals surface area contributed by atoms with Crippen LogP contribution in [0, 0.1) is 19.7 Å². The molecule has 0 aliphatic rings. The Bertz CT molecular complexity index is 1290. The molecule has 1 heterocycles. The van der Waals surface area contributed by atoms with Crippen LogP contribution in [0.2, 0.25) is 0 Å². The van der Waals surface area contributed by atoms with E-state index in [0.29, 0.717) is 22.6 Å². The van der Waals surface area contributed by atoms with Gasteiger partial charge in [-0.25, -0.2) is 9.37 Å². The van der Waals surface area contributed by atoms with E-state index >= 15 is 4.39 Å². The van der Waals surface area contributed by atoms with Gasteiger partial charge in [0, 0.05) is 35.9 Å². The van der Waals surface area contributed by atoms with Crippen LogP contribution in [0.15, 0.2) is 60.8 Å². The molecule has 1 aromatic heterocycles. The van der Waals surface area contributed by atoms with Crippen molar-refractivity contribution in [1.29, 1.82) is 0 Å². The van der Waals surface area contributed by atoms with Crippen molar-refractivity contribution in [2.75, 3.05) is 17.7 Å². The summed E-state index contributed by atoms with van der Waals surface area (Å²) < 4.78 is 20.8. The number of ether oxygens (including phenoxy) is 1. The number of anilines is 2. The van der Waals surface area contributed by atoms with Gasteiger partial charge in [0.2, 0.25) is 11.8 Å². The lowest BCUT2D eigenvalue weighted by Gasteiger charge is -2.12. The van der Waals surface area contributed by atoms with Crippen LogP contribution in [0.1, 0.15) is 21.5 Å². The number of benzene rings is 3.